The van der Waals surface area contributed by atoms with Gasteiger partial charge < -0.3 is 10.6 Å². The first-order valence-electron chi connectivity index (χ1n) is 8.29. The lowest BCUT2D eigenvalue weighted by molar-refractivity contribution is -0.134. The van der Waals surface area contributed by atoms with Crippen molar-refractivity contribution >= 4 is 5.91 Å². The second kappa shape index (κ2) is 4.84. The lowest BCUT2D eigenvalue weighted by atomic mass is 9.92. The molecule has 1 aliphatic heterocycles. The maximum atomic E-state index is 12.9. The molecule has 0 bridgehead atoms. The van der Waals surface area contributed by atoms with Gasteiger partial charge in [-0.2, -0.15) is 0 Å². The summed E-state index contributed by atoms with van der Waals surface area (Å²) >= 11 is 0. The number of amides is 1. The van der Waals surface area contributed by atoms with Crippen molar-refractivity contribution in [1.82, 2.24) is 4.90 Å². The van der Waals surface area contributed by atoms with Crippen LogP contribution in [-0.4, -0.2) is 29.9 Å². The summed E-state index contributed by atoms with van der Waals surface area (Å²) in [6.07, 6.45) is 3.36. The third-order valence-corrected chi connectivity index (χ3v) is 5.94. The van der Waals surface area contributed by atoms with Gasteiger partial charge in [0, 0.05) is 25.0 Å². The minimum atomic E-state index is 0.149. The summed E-state index contributed by atoms with van der Waals surface area (Å²) in [5, 5.41) is 0. The van der Waals surface area contributed by atoms with Gasteiger partial charge in [-0.05, 0) is 48.1 Å². The van der Waals surface area contributed by atoms with Gasteiger partial charge in [0.2, 0.25) is 5.91 Å². The molecule has 0 aromatic heterocycles. The Morgan fingerprint density at radius 3 is 2.90 bits per heavy atom. The summed E-state index contributed by atoms with van der Waals surface area (Å²) in [4.78, 5) is 14.9. The van der Waals surface area contributed by atoms with Gasteiger partial charge in [0.1, 0.15) is 0 Å². The second-order valence-electron chi connectivity index (χ2n) is 7.17. The predicted molar refractivity (Wildman–Crippen MR) is 82.8 cm³/mol. The third-order valence-electron chi connectivity index (χ3n) is 5.94. The summed E-state index contributed by atoms with van der Waals surface area (Å²) < 4.78 is 0. The van der Waals surface area contributed by atoms with E-state index < -0.39 is 0 Å². The number of benzene rings is 1. The molecule has 112 valence electrons. The Labute approximate surface area is 126 Å². The van der Waals surface area contributed by atoms with Crippen molar-refractivity contribution in [2.75, 3.05) is 13.1 Å². The fraction of sp³-hybridized carbons (Fsp3) is 0.611. The van der Waals surface area contributed by atoms with Gasteiger partial charge in [-0.3, -0.25) is 4.79 Å². The fourth-order valence-corrected chi connectivity index (χ4v) is 4.41. The number of nitrogens with two attached hydrogens (primary N) is 1. The number of hydrogen-bond acceptors (Lipinski definition) is 2. The highest BCUT2D eigenvalue weighted by atomic mass is 16.2. The number of likely N-dealkylation sites (tertiary alicyclic amines) is 1. The molecular formula is C18H24N2O. The van der Waals surface area contributed by atoms with Gasteiger partial charge in [0.05, 0.1) is 0 Å². The van der Waals surface area contributed by atoms with E-state index in [1.165, 1.54) is 17.5 Å². The minimum Gasteiger partial charge on any atom is -0.341 e. The molecule has 1 saturated heterocycles. The average Bonchev–Trinajstić information content (AvgIpc) is 3.24. The van der Waals surface area contributed by atoms with Crippen LogP contribution in [0.25, 0.3) is 0 Å². The SMILES string of the molecule is CC1CCN(C(=O)C2C3CCc4ccccc4C32)CC1N. The first-order chi connectivity index (χ1) is 10.2. The van der Waals surface area contributed by atoms with Gasteiger partial charge in [-0.25, -0.2) is 0 Å². The maximum absolute atomic E-state index is 12.9. The Bertz CT molecular complexity index is 570. The predicted octanol–water partition coefficient (Wildman–Crippen LogP) is 2.16. The monoisotopic (exact) mass is 284 g/mol. The average molecular weight is 284 g/mol. The van der Waals surface area contributed by atoms with Crippen molar-refractivity contribution in [3.63, 3.8) is 0 Å². The number of carbonyl (C=O) groups excluding carboxylic acids is 1. The molecule has 3 aliphatic rings. The normalized spacial score (nSPS) is 37.6. The molecule has 1 heterocycles. The van der Waals surface area contributed by atoms with E-state index in [9.17, 15) is 4.79 Å². The first kappa shape index (κ1) is 13.3. The van der Waals surface area contributed by atoms with Crippen LogP contribution < -0.4 is 5.73 Å². The van der Waals surface area contributed by atoms with Gasteiger partial charge in [-0.1, -0.05) is 31.2 Å². The maximum Gasteiger partial charge on any atom is 0.226 e. The molecule has 5 atom stereocenters. The Morgan fingerprint density at radius 1 is 1.29 bits per heavy atom. The third kappa shape index (κ3) is 2.10. The summed E-state index contributed by atoms with van der Waals surface area (Å²) in [6.45, 7) is 3.84. The highest BCUT2D eigenvalue weighted by Gasteiger charge is 2.58. The lowest BCUT2D eigenvalue weighted by Crippen LogP contribution is -2.50. The van der Waals surface area contributed by atoms with E-state index in [1.807, 2.05) is 4.90 Å². The Morgan fingerprint density at radius 2 is 2.10 bits per heavy atom. The van der Waals surface area contributed by atoms with Crippen LogP contribution >= 0.6 is 0 Å². The molecule has 2 fully saturated rings. The largest absolute Gasteiger partial charge is 0.341 e. The smallest absolute Gasteiger partial charge is 0.226 e. The molecule has 1 aromatic rings. The molecule has 21 heavy (non-hydrogen) atoms. The zero-order valence-corrected chi connectivity index (χ0v) is 12.7. The second-order valence-corrected chi connectivity index (χ2v) is 7.17. The standard InChI is InChI=1S/C18H24N2O/c1-11-8-9-20(10-15(11)19)18(21)17-14-7-6-12-4-2-3-5-13(12)16(14)17/h2-5,11,14-17H,6-10,19H2,1H3. The van der Waals surface area contributed by atoms with E-state index in [1.54, 1.807) is 0 Å². The van der Waals surface area contributed by atoms with Crippen LogP contribution in [0.3, 0.4) is 0 Å². The van der Waals surface area contributed by atoms with Crippen molar-refractivity contribution in [3.8, 4) is 0 Å². The van der Waals surface area contributed by atoms with Crippen molar-refractivity contribution < 1.29 is 4.79 Å². The number of hydrogen-bond donors (Lipinski definition) is 1. The van der Waals surface area contributed by atoms with Crippen LogP contribution in [0.5, 0.6) is 0 Å². The Hall–Kier alpha value is -1.35. The molecular weight excluding hydrogens is 260 g/mol. The lowest BCUT2D eigenvalue weighted by Gasteiger charge is -2.35. The van der Waals surface area contributed by atoms with Gasteiger partial charge in [0.15, 0.2) is 0 Å². The van der Waals surface area contributed by atoms with E-state index >= 15 is 0 Å². The molecule has 1 amide bonds. The van der Waals surface area contributed by atoms with Crippen molar-refractivity contribution in [2.24, 2.45) is 23.5 Å². The van der Waals surface area contributed by atoms with Crippen LogP contribution in [0.2, 0.25) is 0 Å². The van der Waals surface area contributed by atoms with Crippen LogP contribution in [0, 0.1) is 17.8 Å². The van der Waals surface area contributed by atoms with Gasteiger partial charge in [-0.15, -0.1) is 0 Å². The van der Waals surface area contributed by atoms with Crippen molar-refractivity contribution in [2.45, 2.75) is 38.1 Å². The molecule has 2 N–H and O–H groups in total. The molecule has 3 nitrogen and oxygen atoms in total. The molecule has 1 saturated carbocycles. The zero-order valence-electron chi connectivity index (χ0n) is 12.7. The molecule has 4 rings (SSSR count). The topological polar surface area (TPSA) is 46.3 Å². The molecule has 5 unspecified atom stereocenters. The summed E-state index contributed by atoms with van der Waals surface area (Å²) in [7, 11) is 0. The molecule has 0 spiro atoms. The number of nitrogens with zero attached hydrogens (tertiary/aromatic N) is 1. The van der Waals surface area contributed by atoms with Crippen LogP contribution in [0.4, 0.5) is 0 Å². The quantitative estimate of drug-likeness (QED) is 0.859. The van der Waals surface area contributed by atoms with Crippen LogP contribution in [0.15, 0.2) is 24.3 Å². The van der Waals surface area contributed by atoms with Gasteiger partial charge >= 0.3 is 0 Å². The molecule has 0 radical (unpaired) electrons. The van der Waals surface area contributed by atoms with Crippen LogP contribution in [0.1, 0.15) is 36.8 Å². The highest BCUT2D eigenvalue weighted by molar-refractivity contribution is 5.84. The van der Waals surface area contributed by atoms with Crippen molar-refractivity contribution in [3.05, 3.63) is 35.4 Å². The number of aryl methyl sites for hydroxylation is 1. The van der Waals surface area contributed by atoms with E-state index in [2.05, 4.69) is 31.2 Å². The van der Waals surface area contributed by atoms with E-state index in [0.717, 1.165) is 25.9 Å². The Kier molecular flexibility index (Phi) is 3.07. The van der Waals surface area contributed by atoms with Crippen LogP contribution in [-0.2, 0) is 11.2 Å². The number of carbonyl (C=O) groups is 1. The summed E-state index contributed by atoms with van der Waals surface area (Å²) in [5.41, 5.74) is 9.05. The van der Waals surface area contributed by atoms with Gasteiger partial charge in [0.25, 0.3) is 0 Å². The van der Waals surface area contributed by atoms with Crippen molar-refractivity contribution in [1.29, 1.82) is 0 Å². The van der Waals surface area contributed by atoms with E-state index in [-0.39, 0.29) is 12.0 Å². The number of fused-ring (bicyclic) bond motifs is 3. The zero-order chi connectivity index (χ0) is 14.6. The summed E-state index contributed by atoms with van der Waals surface area (Å²) in [5.74, 6) is 2.20. The Balaban J connectivity index is 1.51. The summed E-state index contributed by atoms with van der Waals surface area (Å²) in [6, 6.07) is 8.83. The molecule has 3 heteroatoms. The number of rotatable bonds is 1. The highest BCUT2D eigenvalue weighted by Crippen LogP contribution is 2.60. The molecule has 1 aromatic carbocycles. The van der Waals surface area contributed by atoms with E-state index in [4.69, 9.17) is 5.73 Å². The minimum absolute atomic E-state index is 0.149. The molecule has 2 aliphatic carbocycles. The fourth-order valence-electron chi connectivity index (χ4n) is 4.41. The first-order valence-corrected chi connectivity index (χ1v) is 8.29. The number of piperidine rings is 1. The van der Waals surface area contributed by atoms with E-state index in [0.29, 0.717) is 23.7 Å².